The van der Waals surface area contributed by atoms with Crippen molar-refractivity contribution in [3.05, 3.63) is 65.9 Å². The van der Waals surface area contributed by atoms with Crippen molar-refractivity contribution in [1.29, 1.82) is 0 Å². The van der Waals surface area contributed by atoms with Crippen molar-refractivity contribution in [3.63, 3.8) is 0 Å². The molecule has 0 saturated heterocycles. The van der Waals surface area contributed by atoms with Crippen molar-refractivity contribution in [2.45, 2.75) is 13.3 Å². The Kier molecular flexibility index (Phi) is 2.72. The zero-order chi connectivity index (χ0) is 10.7. The molecule has 0 amide bonds. The molecule has 0 saturated carbocycles. The molecular weight excluding hydrogens is 182 g/mol. The molecule has 0 aromatic heterocycles. The minimum atomic E-state index is 1.03. The first-order valence-electron chi connectivity index (χ1n) is 5.15. The SMILES string of the molecule is C=C/C=C\C1=C(C)Cc2ccccc2N1. The summed E-state index contributed by atoms with van der Waals surface area (Å²) in [6, 6.07) is 8.42. The van der Waals surface area contributed by atoms with Gasteiger partial charge in [0, 0.05) is 11.4 Å². The van der Waals surface area contributed by atoms with Crippen LogP contribution in [0.5, 0.6) is 0 Å². The molecule has 15 heavy (non-hydrogen) atoms. The summed E-state index contributed by atoms with van der Waals surface area (Å²) in [7, 11) is 0. The molecule has 1 aliphatic rings. The molecule has 0 aliphatic carbocycles. The van der Waals surface area contributed by atoms with Crippen LogP contribution in [0, 0.1) is 0 Å². The van der Waals surface area contributed by atoms with Gasteiger partial charge in [-0.15, -0.1) is 0 Å². The number of anilines is 1. The Balaban J connectivity index is 2.31. The van der Waals surface area contributed by atoms with Gasteiger partial charge in [-0.1, -0.05) is 36.9 Å². The van der Waals surface area contributed by atoms with Crippen LogP contribution in [0.3, 0.4) is 0 Å². The van der Waals surface area contributed by atoms with Gasteiger partial charge in [0.1, 0.15) is 0 Å². The Morgan fingerprint density at radius 2 is 2.13 bits per heavy atom. The van der Waals surface area contributed by atoms with E-state index in [0.29, 0.717) is 0 Å². The fraction of sp³-hybridized carbons (Fsp3) is 0.143. The predicted molar refractivity (Wildman–Crippen MR) is 65.8 cm³/mol. The molecule has 0 spiro atoms. The van der Waals surface area contributed by atoms with E-state index in [2.05, 4.69) is 49.2 Å². The number of nitrogens with one attached hydrogen (secondary N) is 1. The van der Waals surface area contributed by atoms with Crippen LogP contribution in [0.4, 0.5) is 5.69 Å². The Morgan fingerprint density at radius 3 is 2.93 bits per heavy atom. The summed E-state index contributed by atoms with van der Waals surface area (Å²) in [5, 5.41) is 3.43. The third-order valence-corrected chi connectivity index (χ3v) is 2.60. The molecular formula is C14H15N. The highest BCUT2D eigenvalue weighted by Gasteiger charge is 2.11. The van der Waals surface area contributed by atoms with Gasteiger partial charge in [-0.2, -0.15) is 0 Å². The first-order chi connectivity index (χ1) is 7.31. The monoisotopic (exact) mass is 197 g/mol. The van der Waals surface area contributed by atoms with E-state index < -0.39 is 0 Å². The Morgan fingerprint density at radius 1 is 1.33 bits per heavy atom. The minimum absolute atomic E-state index is 1.03. The molecule has 1 N–H and O–H groups in total. The molecule has 76 valence electrons. The number of allylic oxidation sites excluding steroid dienone is 4. The first-order valence-corrected chi connectivity index (χ1v) is 5.15. The van der Waals surface area contributed by atoms with Gasteiger partial charge in [0.2, 0.25) is 0 Å². The second-order valence-electron chi connectivity index (χ2n) is 3.75. The Hall–Kier alpha value is -1.76. The maximum Gasteiger partial charge on any atom is 0.0420 e. The van der Waals surface area contributed by atoms with Gasteiger partial charge in [-0.25, -0.2) is 0 Å². The number of benzene rings is 1. The van der Waals surface area contributed by atoms with E-state index in [1.54, 1.807) is 6.08 Å². The van der Waals surface area contributed by atoms with E-state index in [1.165, 1.54) is 22.5 Å². The lowest BCUT2D eigenvalue weighted by molar-refractivity contribution is 1.08. The van der Waals surface area contributed by atoms with Gasteiger partial charge < -0.3 is 5.32 Å². The lowest BCUT2D eigenvalue weighted by Crippen LogP contribution is -2.09. The quantitative estimate of drug-likeness (QED) is 0.713. The third-order valence-electron chi connectivity index (χ3n) is 2.60. The summed E-state index contributed by atoms with van der Waals surface area (Å²) in [6.45, 7) is 5.84. The highest BCUT2D eigenvalue weighted by Crippen LogP contribution is 2.27. The maximum absolute atomic E-state index is 3.68. The molecule has 1 heterocycles. The minimum Gasteiger partial charge on any atom is -0.355 e. The molecule has 2 rings (SSSR count). The zero-order valence-corrected chi connectivity index (χ0v) is 8.96. The highest BCUT2D eigenvalue weighted by atomic mass is 14.9. The molecule has 0 radical (unpaired) electrons. The molecule has 1 heteroatoms. The van der Waals surface area contributed by atoms with Gasteiger partial charge in [0.15, 0.2) is 0 Å². The smallest absolute Gasteiger partial charge is 0.0420 e. The second-order valence-corrected chi connectivity index (χ2v) is 3.75. The van der Waals surface area contributed by atoms with Gasteiger partial charge >= 0.3 is 0 Å². The number of rotatable bonds is 2. The van der Waals surface area contributed by atoms with E-state index >= 15 is 0 Å². The average molecular weight is 197 g/mol. The van der Waals surface area contributed by atoms with Crippen LogP contribution in [0.1, 0.15) is 12.5 Å². The third kappa shape index (κ3) is 2.01. The Bertz CT molecular complexity index is 438. The van der Waals surface area contributed by atoms with Crippen LogP contribution in [0.2, 0.25) is 0 Å². The standard InChI is InChI=1S/C14H15N/c1-3-4-8-13-11(2)10-12-7-5-6-9-14(12)15-13/h3-9,15H,1,10H2,2H3/b8-4-. The van der Waals surface area contributed by atoms with Gasteiger partial charge in [-0.3, -0.25) is 0 Å². The predicted octanol–water partition coefficient (Wildman–Crippen LogP) is 3.67. The van der Waals surface area contributed by atoms with E-state index in [1.807, 2.05) is 6.08 Å². The summed E-state index contributed by atoms with van der Waals surface area (Å²) in [5.74, 6) is 0. The van der Waals surface area contributed by atoms with Gasteiger partial charge in [0.25, 0.3) is 0 Å². The van der Waals surface area contributed by atoms with Crippen LogP contribution in [-0.2, 0) is 6.42 Å². The van der Waals surface area contributed by atoms with Crippen LogP contribution < -0.4 is 5.32 Å². The summed E-state index contributed by atoms with van der Waals surface area (Å²) in [6.07, 6.45) is 6.85. The lowest BCUT2D eigenvalue weighted by atomic mass is 9.98. The van der Waals surface area contributed by atoms with Crippen LogP contribution in [0.15, 0.2) is 60.3 Å². The fourth-order valence-corrected chi connectivity index (χ4v) is 1.78. The summed E-state index contributed by atoms with van der Waals surface area (Å²) in [5.41, 5.74) is 5.14. The van der Waals surface area contributed by atoms with Gasteiger partial charge in [0.05, 0.1) is 0 Å². The summed E-state index contributed by atoms with van der Waals surface area (Å²) >= 11 is 0. The molecule has 1 aromatic rings. The Labute approximate surface area is 90.8 Å². The molecule has 1 aliphatic heterocycles. The molecule has 0 atom stereocenters. The van der Waals surface area contributed by atoms with Gasteiger partial charge in [-0.05, 0) is 36.6 Å². The average Bonchev–Trinajstić information content (AvgIpc) is 2.26. The van der Waals surface area contributed by atoms with E-state index in [-0.39, 0.29) is 0 Å². The first kappa shape index (κ1) is 9.78. The van der Waals surface area contributed by atoms with Crippen molar-refractivity contribution >= 4 is 5.69 Å². The highest BCUT2D eigenvalue weighted by molar-refractivity contribution is 5.62. The molecule has 0 bridgehead atoms. The van der Waals surface area contributed by atoms with Crippen molar-refractivity contribution in [3.8, 4) is 0 Å². The largest absolute Gasteiger partial charge is 0.355 e. The number of hydrogen-bond donors (Lipinski definition) is 1. The summed E-state index contributed by atoms with van der Waals surface area (Å²) < 4.78 is 0. The van der Waals surface area contributed by atoms with Crippen molar-refractivity contribution < 1.29 is 0 Å². The van der Waals surface area contributed by atoms with E-state index in [4.69, 9.17) is 0 Å². The van der Waals surface area contributed by atoms with Crippen LogP contribution in [0.25, 0.3) is 0 Å². The van der Waals surface area contributed by atoms with E-state index in [0.717, 1.165) is 6.42 Å². The lowest BCUT2D eigenvalue weighted by Gasteiger charge is -2.21. The van der Waals surface area contributed by atoms with Crippen molar-refractivity contribution in [1.82, 2.24) is 0 Å². The fourth-order valence-electron chi connectivity index (χ4n) is 1.78. The molecule has 0 unspecified atom stereocenters. The maximum atomic E-state index is 3.68. The molecule has 1 nitrogen and oxygen atoms in total. The number of hydrogen-bond acceptors (Lipinski definition) is 1. The number of fused-ring (bicyclic) bond motifs is 1. The summed E-state index contributed by atoms with van der Waals surface area (Å²) in [4.78, 5) is 0. The zero-order valence-electron chi connectivity index (χ0n) is 8.96. The number of para-hydroxylation sites is 1. The van der Waals surface area contributed by atoms with Crippen molar-refractivity contribution in [2.24, 2.45) is 0 Å². The normalized spacial score (nSPS) is 15.0. The second kappa shape index (κ2) is 4.18. The van der Waals surface area contributed by atoms with Crippen LogP contribution >= 0.6 is 0 Å². The van der Waals surface area contributed by atoms with E-state index in [9.17, 15) is 0 Å². The topological polar surface area (TPSA) is 12.0 Å². The van der Waals surface area contributed by atoms with Crippen molar-refractivity contribution in [2.75, 3.05) is 5.32 Å². The van der Waals surface area contributed by atoms with Crippen LogP contribution in [-0.4, -0.2) is 0 Å². The molecule has 0 fully saturated rings. The molecule has 1 aromatic carbocycles.